The first-order valence-electron chi connectivity index (χ1n) is 6.44. The number of benzene rings is 2. The molecule has 0 saturated heterocycles. The molecule has 1 aliphatic rings. The molecule has 4 heteroatoms. The monoisotopic (exact) mass is 286 g/mol. The largest absolute Gasteiger partial charge is 0.322 e. The number of amides is 2. The smallest absolute Gasteiger partial charge is 0.314 e. The van der Waals surface area contributed by atoms with E-state index in [0.717, 1.165) is 16.8 Å². The Hall–Kier alpha value is -2.00. The Bertz CT molecular complexity index is 671. The number of carbonyl (C=O) groups is 1. The summed E-state index contributed by atoms with van der Waals surface area (Å²) in [6.45, 7) is 2.04. The fourth-order valence-electron chi connectivity index (χ4n) is 2.72. The van der Waals surface area contributed by atoms with Crippen molar-refractivity contribution in [3.8, 4) is 0 Å². The van der Waals surface area contributed by atoms with E-state index in [1.807, 2.05) is 49.4 Å². The first kappa shape index (κ1) is 13.0. The molecule has 0 radical (unpaired) electrons. The molecule has 3 rings (SSSR count). The Morgan fingerprint density at radius 1 is 1.15 bits per heavy atom. The lowest BCUT2D eigenvalue weighted by Gasteiger charge is -2.44. The van der Waals surface area contributed by atoms with Crippen LogP contribution in [-0.2, 0) is 5.54 Å². The van der Waals surface area contributed by atoms with Crippen LogP contribution in [0.25, 0.3) is 0 Å². The lowest BCUT2D eigenvalue weighted by Crippen LogP contribution is -2.51. The average molecular weight is 287 g/mol. The minimum atomic E-state index is -0.538. The van der Waals surface area contributed by atoms with Gasteiger partial charge in [0, 0.05) is 23.3 Å². The Kier molecular flexibility index (Phi) is 2.94. The lowest BCUT2D eigenvalue weighted by molar-refractivity contribution is 0.175. The zero-order valence-corrected chi connectivity index (χ0v) is 12.1. The van der Waals surface area contributed by atoms with Gasteiger partial charge in [-0.3, -0.25) is 0 Å². The Morgan fingerprint density at radius 2 is 1.85 bits per heavy atom. The molecule has 2 aromatic carbocycles. The molecular weight excluding hydrogens is 272 g/mol. The van der Waals surface area contributed by atoms with Gasteiger partial charge in [-0.05, 0) is 30.7 Å². The zero-order chi connectivity index (χ0) is 14.3. The first-order chi connectivity index (χ1) is 9.53. The summed E-state index contributed by atoms with van der Waals surface area (Å²) in [4.78, 5) is 13.9. The van der Waals surface area contributed by atoms with Gasteiger partial charge in [-0.25, -0.2) is 4.79 Å². The summed E-state index contributed by atoms with van der Waals surface area (Å²) in [5.74, 6) is 0. The van der Waals surface area contributed by atoms with E-state index in [1.165, 1.54) is 0 Å². The SMILES string of the molecule is CN1C(=O)Nc2ccc(Cl)cc2C1(C)c1ccccc1. The zero-order valence-electron chi connectivity index (χ0n) is 11.4. The number of fused-ring (bicyclic) bond motifs is 1. The molecule has 1 N–H and O–H groups in total. The first-order valence-corrected chi connectivity index (χ1v) is 6.81. The van der Waals surface area contributed by atoms with Gasteiger partial charge in [0.1, 0.15) is 0 Å². The van der Waals surface area contributed by atoms with Crippen LogP contribution in [0.2, 0.25) is 5.02 Å². The minimum absolute atomic E-state index is 0.119. The summed E-state index contributed by atoms with van der Waals surface area (Å²) in [5.41, 5.74) is 2.33. The van der Waals surface area contributed by atoms with E-state index >= 15 is 0 Å². The van der Waals surface area contributed by atoms with Gasteiger partial charge in [0.05, 0.1) is 5.54 Å². The number of hydrogen-bond acceptors (Lipinski definition) is 1. The van der Waals surface area contributed by atoms with Crippen molar-refractivity contribution < 1.29 is 4.79 Å². The van der Waals surface area contributed by atoms with Crippen molar-refractivity contribution >= 4 is 23.3 Å². The van der Waals surface area contributed by atoms with Crippen molar-refractivity contribution in [2.24, 2.45) is 0 Å². The fraction of sp³-hybridized carbons (Fsp3) is 0.188. The molecule has 2 amide bonds. The Balaban J connectivity index is 2.28. The van der Waals surface area contributed by atoms with E-state index in [-0.39, 0.29) is 6.03 Å². The van der Waals surface area contributed by atoms with Crippen molar-refractivity contribution in [1.29, 1.82) is 0 Å². The van der Waals surface area contributed by atoms with Crippen LogP contribution in [0.3, 0.4) is 0 Å². The minimum Gasteiger partial charge on any atom is -0.314 e. The summed E-state index contributed by atoms with van der Waals surface area (Å²) >= 11 is 6.14. The summed E-state index contributed by atoms with van der Waals surface area (Å²) in [7, 11) is 1.80. The molecular formula is C16H15ClN2O. The molecule has 102 valence electrons. The molecule has 0 saturated carbocycles. The normalized spacial score (nSPS) is 21.4. The average Bonchev–Trinajstić information content (AvgIpc) is 2.47. The number of halogens is 1. The third kappa shape index (κ3) is 1.78. The fourth-order valence-corrected chi connectivity index (χ4v) is 2.89. The lowest BCUT2D eigenvalue weighted by atomic mass is 9.81. The van der Waals surface area contributed by atoms with Gasteiger partial charge in [-0.2, -0.15) is 0 Å². The number of carbonyl (C=O) groups excluding carboxylic acids is 1. The van der Waals surface area contributed by atoms with Crippen LogP contribution < -0.4 is 5.32 Å². The van der Waals surface area contributed by atoms with E-state index in [4.69, 9.17) is 11.6 Å². The van der Waals surface area contributed by atoms with Crippen molar-refractivity contribution in [1.82, 2.24) is 4.90 Å². The molecule has 0 bridgehead atoms. The number of urea groups is 1. The maximum Gasteiger partial charge on any atom is 0.322 e. The molecule has 1 aliphatic heterocycles. The quantitative estimate of drug-likeness (QED) is 0.842. The molecule has 20 heavy (non-hydrogen) atoms. The highest BCUT2D eigenvalue weighted by atomic mass is 35.5. The van der Waals surface area contributed by atoms with E-state index in [9.17, 15) is 4.79 Å². The van der Waals surface area contributed by atoms with Crippen molar-refractivity contribution in [3.63, 3.8) is 0 Å². The van der Waals surface area contributed by atoms with Crippen LogP contribution in [0.1, 0.15) is 18.1 Å². The van der Waals surface area contributed by atoms with Gasteiger partial charge < -0.3 is 10.2 Å². The highest BCUT2D eigenvalue weighted by Crippen LogP contribution is 2.42. The molecule has 0 aliphatic carbocycles. The topological polar surface area (TPSA) is 32.3 Å². The second-order valence-corrected chi connectivity index (χ2v) is 5.55. The number of anilines is 1. The summed E-state index contributed by atoms with van der Waals surface area (Å²) in [6.07, 6.45) is 0. The van der Waals surface area contributed by atoms with Gasteiger partial charge in [0.15, 0.2) is 0 Å². The van der Waals surface area contributed by atoms with Gasteiger partial charge in [0.2, 0.25) is 0 Å². The molecule has 0 aromatic heterocycles. The summed E-state index contributed by atoms with van der Waals surface area (Å²) in [6, 6.07) is 15.4. The van der Waals surface area contributed by atoms with Crippen LogP contribution >= 0.6 is 11.6 Å². The Morgan fingerprint density at radius 3 is 2.55 bits per heavy atom. The van der Waals surface area contributed by atoms with E-state index in [0.29, 0.717) is 5.02 Å². The van der Waals surface area contributed by atoms with Crippen molar-refractivity contribution in [2.45, 2.75) is 12.5 Å². The van der Waals surface area contributed by atoms with Gasteiger partial charge in [-0.15, -0.1) is 0 Å². The number of hydrogen-bond donors (Lipinski definition) is 1. The summed E-state index contributed by atoms with van der Waals surface area (Å²) < 4.78 is 0. The summed E-state index contributed by atoms with van der Waals surface area (Å²) in [5, 5.41) is 3.55. The molecule has 1 unspecified atom stereocenters. The third-order valence-corrected chi connectivity index (χ3v) is 4.29. The van der Waals surface area contributed by atoms with Crippen molar-refractivity contribution in [2.75, 3.05) is 12.4 Å². The standard InChI is InChI=1S/C16H15ClN2O/c1-16(11-6-4-3-5-7-11)13-10-12(17)8-9-14(13)18-15(20)19(16)2/h3-10H,1-2H3,(H,18,20). The van der Waals surface area contributed by atoms with Gasteiger partial charge >= 0.3 is 6.03 Å². The van der Waals surface area contributed by atoms with Crippen LogP contribution in [0, 0.1) is 0 Å². The third-order valence-electron chi connectivity index (χ3n) is 4.06. The maximum absolute atomic E-state index is 12.2. The molecule has 0 fully saturated rings. The predicted octanol–water partition coefficient (Wildman–Crippen LogP) is 4.08. The highest BCUT2D eigenvalue weighted by molar-refractivity contribution is 6.30. The van der Waals surface area contributed by atoms with E-state index in [2.05, 4.69) is 5.32 Å². The predicted molar refractivity (Wildman–Crippen MR) is 81.1 cm³/mol. The number of nitrogens with zero attached hydrogens (tertiary/aromatic N) is 1. The van der Waals surface area contributed by atoms with Crippen LogP contribution in [-0.4, -0.2) is 18.0 Å². The molecule has 1 heterocycles. The molecule has 2 aromatic rings. The Labute approximate surface area is 123 Å². The van der Waals surface area contributed by atoms with Crippen LogP contribution in [0.15, 0.2) is 48.5 Å². The number of nitrogens with one attached hydrogen (secondary N) is 1. The molecule has 1 atom stereocenters. The second-order valence-electron chi connectivity index (χ2n) is 5.12. The molecule has 0 spiro atoms. The maximum atomic E-state index is 12.2. The van der Waals surface area contributed by atoms with Crippen LogP contribution in [0.4, 0.5) is 10.5 Å². The van der Waals surface area contributed by atoms with Crippen LogP contribution in [0.5, 0.6) is 0 Å². The molecule has 3 nitrogen and oxygen atoms in total. The van der Waals surface area contributed by atoms with Gasteiger partial charge in [0.25, 0.3) is 0 Å². The van der Waals surface area contributed by atoms with Gasteiger partial charge in [-0.1, -0.05) is 41.9 Å². The van der Waals surface area contributed by atoms with E-state index in [1.54, 1.807) is 18.0 Å². The highest BCUT2D eigenvalue weighted by Gasteiger charge is 2.41. The number of rotatable bonds is 1. The van der Waals surface area contributed by atoms with Crippen molar-refractivity contribution in [3.05, 3.63) is 64.7 Å². The second kappa shape index (κ2) is 4.53. The van der Waals surface area contributed by atoms with E-state index < -0.39 is 5.54 Å².